The number of nitrogen functional groups attached to an aromatic ring is 1. The third kappa shape index (κ3) is 8.00. The Morgan fingerprint density at radius 1 is 0.857 bits per heavy atom. The molecule has 5 fully saturated rings. The first-order valence-electron chi connectivity index (χ1n) is 22.4. The summed E-state index contributed by atoms with van der Waals surface area (Å²) >= 11 is 0. The predicted molar refractivity (Wildman–Crippen MR) is 241 cm³/mol. The van der Waals surface area contributed by atoms with E-state index in [1.54, 1.807) is 12.1 Å². The molecule has 4 N–H and O–H groups in total. The molecule has 0 radical (unpaired) electrons. The first-order chi connectivity index (χ1) is 30.7. The van der Waals surface area contributed by atoms with Crippen LogP contribution in [0.1, 0.15) is 37.7 Å². The predicted octanol–water partition coefficient (Wildman–Crippen LogP) is 3.91. The van der Waals surface area contributed by atoms with Crippen LogP contribution < -0.4 is 35.4 Å². The monoisotopic (exact) mass is 856 g/mol. The van der Waals surface area contributed by atoms with Crippen molar-refractivity contribution in [3.63, 3.8) is 0 Å². The number of aromatic hydroxyl groups is 1. The maximum atomic E-state index is 13.8. The SMILES string of the molecule is CN(C(=O)N1CCC(Oc2cccc(N3[C@@H]4COC[C@H]3CN(c3cc(-c5ccccc5O)nnc3N)C4)c2)CC1)C1CCN(c2cccc3c2CCN3[C@H]2CNC(=O)CC2=O)CC1. The molecule has 3 amide bonds. The lowest BCUT2D eigenvalue weighted by atomic mass is 10.0. The first-order valence-corrected chi connectivity index (χ1v) is 22.4. The number of hydrogen-bond donors (Lipinski definition) is 3. The molecule has 16 nitrogen and oxygen atoms in total. The summed E-state index contributed by atoms with van der Waals surface area (Å²) in [4.78, 5) is 51.6. The molecule has 3 atom stereocenters. The van der Waals surface area contributed by atoms with Crippen LogP contribution in [0.5, 0.6) is 11.5 Å². The van der Waals surface area contributed by atoms with Crippen LogP contribution in [0.25, 0.3) is 11.3 Å². The smallest absolute Gasteiger partial charge is 0.319 e. The molecular weight excluding hydrogens is 801 g/mol. The van der Waals surface area contributed by atoms with Gasteiger partial charge in [-0.25, -0.2) is 4.79 Å². The van der Waals surface area contributed by atoms with E-state index in [1.165, 1.54) is 11.3 Å². The number of nitrogens with two attached hydrogens (primary N) is 1. The molecule has 0 spiro atoms. The number of ketones is 1. The van der Waals surface area contributed by atoms with Crippen LogP contribution in [0, 0.1) is 0 Å². The minimum absolute atomic E-state index is 0.0106. The number of anilines is 5. The maximum Gasteiger partial charge on any atom is 0.319 e. The van der Waals surface area contributed by atoms with Crippen LogP contribution in [0.15, 0.2) is 72.8 Å². The number of piperidine rings is 3. The highest BCUT2D eigenvalue weighted by Crippen LogP contribution is 2.40. The maximum absolute atomic E-state index is 13.8. The van der Waals surface area contributed by atoms with Crippen molar-refractivity contribution in [1.82, 2.24) is 25.3 Å². The Morgan fingerprint density at radius 2 is 1.60 bits per heavy atom. The molecule has 16 heteroatoms. The number of nitrogens with one attached hydrogen (secondary N) is 1. The summed E-state index contributed by atoms with van der Waals surface area (Å²) in [5, 5.41) is 21.9. The fraction of sp³-hybridized carbons (Fsp3) is 0.468. The molecule has 2 bridgehead atoms. The Bertz CT molecular complexity index is 2350. The van der Waals surface area contributed by atoms with Crippen LogP contribution in [0.2, 0.25) is 0 Å². The average Bonchev–Trinajstić information content (AvgIpc) is 3.73. The van der Waals surface area contributed by atoms with Crippen LogP contribution in [0.3, 0.4) is 0 Å². The van der Waals surface area contributed by atoms with E-state index < -0.39 is 0 Å². The van der Waals surface area contributed by atoms with E-state index in [0.29, 0.717) is 63.0 Å². The molecule has 5 saturated heterocycles. The van der Waals surface area contributed by atoms with Crippen molar-refractivity contribution in [1.29, 1.82) is 0 Å². The third-order valence-corrected chi connectivity index (χ3v) is 14.0. The lowest BCUT2D eigenvalue weighted by Gasteiger charge is -2.51. The molecule has 6 aliphatic rings. The third-order valence-electron chi connectivity index (χ3n) is 14.0. The first kappa shape index (κ1) is 40.8. The van der Waals surface area contributed by atoms with Crippen LogP contribution >= 0.6 is 0 Å². The number of nitrogens with zero attached hydrogens (tertiary/aromatic N) is 8. The number of para-hydroxylation sites is 1. The second-order valence-electron chi connectivity index (χ2n) is 17.8. The number of fused-ring (bicyclic) bond motifs is 3. The van der Waals surface area contributed by atoms with Crippen LogP contribution in [-0.2, 0) is 20.7 Å². The number of likely N-dealkylation sites (tertiary alicyclic amines) is 1. The summed E-state index contributed by atoms with van der Waals surface area (Å²) in [7, 11) is 1.95. The number of hydrogen-bond acceptors (Lipinski definition) is 13. The lowest BCUT2D eigenvalue weighted by molar-refractivity contribution is -0.131. The minimum atomic E-state index is -0.311. The number of amides is 3. The number of benzene rings is 3. The zero-order valence-corrected chi connectivity index (χ0v) is 35.8. The molecule has 63 heavy (non-hydrogen) atoms. The molecule has 1 aromatic heterocycles. The summed E-state index contributed by atoms with van der Waals surface area (Å²) in [6, 6.07) is 23.8. The van der Waals surface area contributed by atoms with E-state index in [4.69, 9.17) is 15.2 Å². The zero-order valence-electron chi connectivity index (χ0n) is 35.8. The summed E-state index contributed by atoms with van der Waals surface area (Å²) < 4.78 is 12.7. The number of aromatic nitrogens is 2. The molecule has 0 saturated carbocycles. The van der Waals surface area contributed by atoms with E-state index in [9.17, 15) is 19.5 Å². The summed E-state index contributed by atoms with van der Waals surface area (Å²) in [6.45, 7) is 6.64. The number of rotatable bonds is 8. The summed E-state index contributed by atoms with van der Waals surface area (Å²) in [6.07, 6.45) is 4.13. The number of urea groups is 1. The zero-order chi connectivity index (χ0) is 43.2. The Hall–Kier alpha value is -6.29. The van der Waals surface area contributed by atoms with Gasteiger partial charge in [0.05, 0.1) is 43.1 Å². The normalized spacial score (nSPS) is 23.1. The standard InChI is InChI=1S/C47H56N10O6/c1-52(30-12-17-53(18-13-30)39-9-5-10-40-37(39)16-21-56(40)42-25-49-45(60)24-44(42)59)47(61)54-19-14-34(15-20-54)63-35-7-4-6-31(22-35)57-32-26-55(27-33(57)29-62-28-32)41-23-38(50-51-46(41)48)36-8-2-3-11-43(36)58/h2-11,22-23,30,32-34,42,58H,12-21,24-29H2,1H3,(H2,48,51)(H,49,60)/t32-,33+,42-/m0/s1. The van der Waals surface area contributed by atoms with Gasteiger partial charge in [-0.05, 0) is 61.7 Å². The molecule has 6 aliphatic heterocycles. The molecule has 3 aromatic carbocycles. The highest BCUT2D eigenvalue weighted by Gasteiger charge is 2.40. The van der Waals surface area contributed by atoms with Crippen LogP contribution in [-0.4, -0.2) is 146 Å². The number of morpholine rings is 1. The molecule has 4 aromatic rings. The Morgan fingerprint density at radius 3 is 2.37 bits per heavy atom. The lowest BCUT2D eigenvalue weighted by Crippen LogP contribution is -2.65. The van der Waals surface area contributed by atoms with Crippen molar-refractivity contribution in [2.24, 2.45) is 0 Å². The van der Waals surface area contributed by atoms with E-state index in [0.717, 1.165) is 74.6 Å². The van der Waals surface area contributed by atoms with Crippen molar-refractivity contribution in [2.45, 2.75) is 68.8 Å². The number of phenolic OH excluding ortho intramolecular Hbond substituents is 1. The van der Waals surface area contributed by atoms with Crippen molar-refractivity contribution < 1.29 is 29.0 Å². The van der Waals surface area contributed by atoms with E-state index in [-0.39, 0.29) is 60.2 Å². The molecule has 0 unspecified atom stereocenters. The van der Waals surface area contributed by atoms with Crippen LogP contribution in [0.4, 0.5) is 33.4 Å². The van der Waals surface area contributed by atoms with Gasteiger partial charge in [-0.2, -0.15) is 0 Å². The van der Waals surface area contributed by atoms with Gasteiger partial charge in [0.1, 0.15) is 23.6 Å². The van der Waals surface area contributed by atoms with Gasteiger partial charge in [0.15, 0.2) is 11.6 Å². The molecule has 10 rings (SSSR count). The van der Waals surface area contributed by atoms with Crippen molar-refractivity contribution >= 4 is 46.3 Å². The van der Waals surface area contributed by atoms with Gasteiger partial charge in [-0.1, -0.05) is 24.3 Å². The Balaban J connectivity index is 0.719. The van der Waals surface area contributed by atoms with E-state index in [1.807, 2.05) is 41.1 Å². The Kier molecular flexibility index (Phi) is 11.1. The van der Waals surface area contributed by atoms with Gasteiger partial charge in [0.2, 0.25) is 5.91 Å². The molecular formula is C47H56N10O6. The van der Waals surface area contributed by atoms with Gasteiger partial charge in [0, 0.05) is 113 Å². The van der Waals surface area contributed by atoms with Gasteiger partial charge in [-0.3, -0.25) is 9.59 Å². The largest absolute Gasteiger partial charge is 0.507 e. The number of piperazine rings is 1. The number of carbonyl (C=O) groups is 3. The Labute approximate surface area is 367 Å². The average molecular weight is 857 g/mol. The molecule has 330 valence electrons. The quantitative estimate of drug-likeness (QED) is 0.218. The van der Waals surface area contributed by atoms with Gasteiger partial charge in [0.25, 0.3) is 0 Å². The topological polar surface area (TPSA) is 173 Å². The number of phenols is 1. The van der Waals surface area contributed by atoms with E-state index >= 15 is 0 Å². The molecule has 0 aliphatic carbocycles. The highest BCUT2D eigenvalue weighted by atomic mass is 16.5. The number of carbonyl (C=O) groups excluding carboxylic acids is 3. The van der Waals surface area contributed by atoms with Gasteiger partial charge in [-0.15, -0.1) is 10.2 Å². The van der Waals surface area contributed by atoms with Gasteiger partial charge >= 0.3 is 6.03 Å². The fourth-order valence-corrected chi connectivity index (χ4v) is 10.7. The summed E-state index contributed by atoms with van der Waals surface area (Å²) in [5.74, 6) is 1.12. The van der Waals surface area contributed by atoms with Crippen molar-refractivity contribution in [3.8, 4) is 22.8 Å². The van der Waals surface area contributed by atoms with Gasteiger partial charge < -0.3 is 55.0 Å². The minimum Gasteiger partial charge on any atom is -0.507 e. The summed E-state index contributed by atoms with van der Waals surface area (Å²) in [5.41, 5.74) is 13.0. The van der Waals surface area contributed by atoms with Crippen molar-refractivity contribution in [3.05, 3.63) is 78.4 Å². The fourth-order valence-electron chi connectivity index (χ4n) is 10.7. The second kappa shape index (κ2) is 17.1. The highest BCUT2D eigenvalue weighted by molar-refractivity contribution is 6.04. The second-order valence-corrected chi connectivity index (χ2v) is 17.8. The van der Waals surface area contributed by atoms with E-state index in [2.05, 4.69) is 71.5 Å². The molecule has 7 heterocycles. The number of Topliss-reactive ketones (excluding diaryl/α,β-unsaturated/α-hetero) is 1. The van der Waals surface area contributed by atoms with Crippen molar-refractivity contribution in [2.75, 3.05) is 98.0 Å². The number of ether oxygens (including phenoxy) is 2.